The zero-order valence-corrected chi connectivity index (χ0v) is 20.2. The van der Waals surface area contributed by atoms with Gasteiger partial charge in [0.2, 0.25) is 0 Å². The third kappa shape index (κ3) is 8.70. The second-order valence-corrected chi connectivity index (χ2v) is 9.07. The van der Waals surface area contributed by atoms with Gasteiger partial charge in [0.15, 0.2) is 11.5 Å². The average Bonchev–Trinajstić information content (AvgIpc) is 2.81. The molecule has 7 nitrogen and oxygen atoms in total. The molecule has 0 fully saturated rings. The lowest BCUT2D eigenvalue weighted by Crippen LogP contribution is -2.44. The van der Waals surface area contributed by atoms with E-state index in [1.807, 2.05) is 60.7 Å². The predicted molar refractivity (Wildman–Crippen MR) is 132 cm³/mol. The van der Waals surface area contributed by atoms with Crippen LogP contribution in [-0.2, 0) is 29.2 Å². The van der Waals surface area contributed by atoms with Crippen LogP contribution in [0, 0.1) is 0 Å². The number of benzene rings is 3. The maximum absolute atomic E-state index is 12.1. The molecule has 0 aromatic heterocycles. The van der Waals surface area contributed by atoms with Crippen LogP contribution in [0.3, 0.4) is 0 Å². The minimum absolute atomic E-state index is 0.0508. The van der Waals surface area contributed by atoms with E-state index in [0.29, 0.717) is 30.3 Å². The van der Waals surface area contributed by atoms with Crippen molar-refractivity contribution < 1.29 is 28.9 Å². The number of hydrogen-bond donors (Lipinski definition) is 2. The Labute approximate surface area is 205 Å². The molecule has 3 aromatic rings. The Balaban J connectivity index is 1.77. The Morgan fingerprint density at radius 2 is 1.34 bits per heavy atom. The van der Waals surface area contributed by atoms with Gasteiger partial charge < -0.3 is 24.6 Å². The van der Waals surface area contributed by atoms with E-state index in [1.165, 1.54) is 0 Å². The van der Waals surface area contributed by atoms with Crippen molar-refractivity contribution in [2.45, 2.75) is 52.0 Å². The molecule has 7 heteroatoms. The largest absolute Gasteiger partial charge is 0.485 e. The van der Waals surface area contributed by atoms with Crippen molar-refractivity contribution in [3.05, 3.63) is 95.6 Å². The standard InChI is InChI=1S/C28H31NO6/c1-28(2,3)35-27(32)29-23(26(30)31)16-22-14-15-24(33-18-20-10-6-4-7-11-20)25(17-22)34-19-21-12-8-5-9-13-21/h4-15,17,23H,16,18-19H2,1-3H3,(H,29,32)(H,30,31)/t23-/m0/s1. The molecule has 3 rings (SSSR count). The number of ether oxygens (including phenoxy) is 3. The number of amides is 1. The fourth-order valence-corrected chi connectivity index (χ4v) is 3.27. The van der Waals surface area contributed by atoms with Gasteiger partial charge in [0.1, 0.15) is 24.9 Å². The predicted octanol–water partition coefficient (Wildman–Crippen LogP) is 5.37. The molecule has 0 heterocycles. The number of nitrogens with one attached hydrogen (secondary N) is 1. The lowest BCUT2D eigenvalue weighted by Gasteiger charge is -2.22. The number of carbonyl (C=O) groups excluding carboxylic acids is 1. The number of rotatable bonds is 10. The van der Waals surface area contributed by atoms with Crippen LogP contribution in [-0.4, -0.2) is 28.8 Å². The second kappa shape index (κ2) is 11.9. The van der Waals surface area contributed by atoms with Crippen molar-refractivity contribution in [3.8, 4) is 11.5 Å². The van der Waals surface area contributed by atoms with Crippen molar-refractivity contribution in [1.82, 2.24) is 5.32 Å². The molecule has 0 bridgehead atoms. The first-order valence-corrected chi connectivity index (χ1v) is 11.4. The molecule has 0 aliphatic heterocycles. The molecule has 0 radical (unpaired) electrons. The van der Waals surface area contributed by atoms with Crippen molar-refractivity contribution in [2.75, 3.05) is 0 Å². The third-order valence-electron chi connectivity index (χ3n) is 4.91. The number of alkyl carbamates (subject to hydrolysis) is 1. The lowest BCUT2D eigenvalue weighted by atomic mass is 10.1. The maximum Gasteiger partial charge on any atom is 0.408 e. The van der Waals surface area contributed by atoms with Crippen LogP contribution >= 0.6 is 0 Å². The summed E-state index contributed by atoms with van der Waals surface area (Å²) in [7, 11) is 0. The first-order chi connectivity index (χ1) is 16.7. The van der Waals surface area contributed by atoms with Crippen molar-refractivity contribution in [1.29, 1.82) is 0 Å². The molecular weight excluding hydrogens is 446 g/mol. The Hall–Kier alpha value is -4.00. The molecule has 2 N–H and O–H groups in total. The highest BCUT2D eigenvalue weighted by atomic mass is 16.6. The van der Waals surface area contributed by atoms with Crippen LogP contribution in [0.2, 0.25) is 0 Å². The summed E-state index contributed by atoms with van der Waals surface area (Å²) in [4.78, 5) is 23.9. The Morgan fingerprint density at radius 1 is 0.800 bits per heavy atom. The van der Waals surface area contributed by atoms with Gasteiger partial charge in [-0.3, -0.25) is 0 Å². The van der Waals surface area contributed by atoms with E-state index < -0.39 is 23.7 Å². The molecule has 0 saturated carbocycles. The first-order valence-electron chi connectivity index (χ1n) is 11.4. The van der Waals surface area contributed by atoms with Crippen LogP contribution < -0.4 is 14.8 Å². The summed E-state index contributed by atoms with van der Waals surface area (Å²) in [5, 5.41) is 12.1. The fourth-order valence-electron chi connectivity index (χ4n) is 3.27. The Bertz CT molecular complexity index is 1110. The van der Waals surface area contributed by atoms with Crippen molar-refractivity contribution in [2.24, 2.45) is 0 Å². The SMILES string of the molecule is CC(C)(C)OC(=O)N[C@@H](Cc1ccc(OCc2ccccc2)c(OCc2ccccc2)c1)C(=O)O. The van der Waals surface area contributed by atoms with E-state index >= 15 is 0 Å². The average molecular weight is 478 g/mol. The molecule has 0 saturated heterocycles. The summed E-state index contributed by atoms with van der Waals surface area (Å²) in [5.74, 6) is -0.129. The molecule has 184 valence electrons. The fraction of sp³-hybridized carbons (Fsp3) is 0.286. The van der Waals surface area contributed by atoms with Crippen LogP contribution in [0.15, 0.2) is 78.9 Å². The van der Waals surface area contributed by atoms with E-state index in [4.69, 9.17) is 14.2 Å². The zero-order chi connectivity index (χ0) is 25.3. The van der Waals surface area contributed by atoms with E-state index in [9.17, 15) is 14.7 Å². The summed E-state index contributed by atoms with van der Waals surface area (Å²) in [6, 6.07) is 23.6. The van der Waals surface area contributed by atoms with E-state index in [0.717, 1.165) is 11.1 Å². The molecule has 0 spiro atoms. The highest BCUT2D eigenvalue weighted by Gasteiger charge is 2.24. The van der Waals surface area contributed by atoms with Gasteiger partial charge in [-0.1, -0.05) is 66.7 Å². The molecule has 35 heavy (non-hydrogen) atoms. The molecule has 1 amide bonds. The normalized spacial score (nSPS) is 11.9. The van der Waals surface area contributed by atoms with E-state index in [1.54, 1.807) is 39.0 Å². The van der Waals surface area contributed by atoms with E-state index in [2.05, 4.69) is 5.32 Å². The van der Waals surface area contributed by atoms with Gasteiger partial charge in [-0.25, -0.2) is 9.59 Å². The Kier molecular flexibility index (Phi) is 8.73. The molecule has 0 unspecified atom stereocenters. The van der Waals surface area contributed by atoms with Crippen LogP contribution in [0.4, 0.5) is 4.79 Å². The molecule has 0 aliphatic rings. The minimum Gasteiger partial charge on any atom is -0.485 e. The van der Waals surface area contributed by atoms with Crippen LogP contribution in [0.5, 0.6) is 11.5 Å². The van der Waals surface area contributed by atoms with Gasteiger partial charge >= 0.3 is 12.1 Å². The molecule has 1 atom stereocenters. The number of hydrogen-bond acceptors (Lipinski definition) is 5. The summed E-state index contributed by atoms with van der Waals surface area (Å²) in [6.45, 7) is 5.83. The van der Waals surface area contributed by atoms with Gasteiger partial charge in [-0.05, 0) is 49.6 Å². The van der Waals surface area contributed by atoms with E-state index in [-0.39, 0.29) is 6.42 Å². The maximum atomic E-state index is 12.1. The lowest BCUT2D eigenvalue weighted by molar-refractivity contribution is -0.139. The first kappa shape index (κ1) is 25.6. The molecule has 3 aromatic carbocycles. The minimum atomic E-state index is -1.16. The number of carboxylic acid groups (broad SMARTS) is 1. The van der Waals surface area contributed by atoms with Gasteiger partial charge in [0, 0.05) is 6.42 Å². The smallest absolute Gasteiger partial charge is 0.408 e. The van der Waals surface area contributed by atoms with Crippen LogP contribution in [0.1, 0.15) is 37.5 Å². The Morgan fingerprint density at radius 3 is 1.86 bits per heavy atom. The summed E-state index contributed by atoms with van der Waals surface area (Å²) in [6.07, 6.45) is -0.733. The van der Waals surface area contributed by atoms with Crippen LogP contribution in [0.25, 0.3) is 0 Å². The number of carboxylic acids is 1. The van der Waals surface area contributed by atoms with Gasteiger partial charge in [0.05, 0.1) is 0 Å². The number of carbonyl (C=O) groups is 2. The van der Waals surface area contributed by atoms with Gasteiger partial charge in [0.25, 0.3) is 0 Å². The summed E-state index contributed by atoms with van der Waals surface area (Å²) in [5.41, 5.74) is 1.94. The summed E-state index contributed by atoms with van der Waals surface area (Å²) >= 11 is 0. The topological polar surface area (TPSA) is 94.1 Å². The van der Waals surface area contributed by atoms with Crippen molar-refractivity contribution >= 4 is 12.1 Å². The highest BCUT2D eigenvalue weighted by Crippen LogP contribution is 2.30. The van der Waals surface area contributed by atoms with Gasteiger partial charge in [-0.15, -0.1) is 0 Å². The third-order valence-corrected chi connectivity index (χ3v) is 4.91. The van der Waals surface area contributed by atoms with Crippen molar-refractivity contribution in [3.63, 3.8) is 0 Å². The second-order valence-electron chi connectivity index (χ2n) is 9.07. The summed E-state index contributed by atoms with van der Waals surface area (Å²) < 4.78 is 17.3. The highest BCUT2D eigenvalue weighted by molar-refractivity contribution is 5.80. The van der Waals surface area contributed by atoms with Gasteiger partial charge in [-0.2, -0.15) is 0 Å². The quantitative estimate of drug-likeness (QED) is 0.408. The zero-order valence-electron chi connectivity index (χ0n) is 20.2. The monoisotopic (exact) mass is 477 g/mol. The molecular formula is C28H31NO6. The molecule has 0 aliphatic carbocycles. The number of aliphatic carboxylic acids is 1.